The van der Waals surface area contributed by atoms with Crippen molar-refractivity contribution in [3.05, 3.63) is 72.7 Å². The molecule has 2 aromatic heterocycles. The molecule has 0 radical (unpaired) electrons. The third-order valence-electron chi connectivity index (χ3n) is 5.20. The number of pyridine rings is 1. The average Bonchev–Trinajstić information content (AvgIpc) is 3.34. The van der Waals surface area contributed by atoms with E-state index in [1.54, 1.807) is 29.1 Å². The van der Waals surface area contributed by atoms with Crippen LogP contribution in [0.4, 0.5) is 4.79 Å². The number of likely N-dealkylation sites (tertiary alicyclic amines) is 1. The summed E-state index contributed by atoms with van der Waals surface area (Å²) in [4.78, 5) is 25.6. The molecule has 0 N–H and O–H groups in total. The van der Waals surface area contributed by atoms with Crippen LogP contribution in [0.25, 0.3) is 0 Å². The number of hydrogen-bond donors (Lipinski definition) is 0. The van der Waals surface area contributed by atoms with E-state index in [0.29, 0.717) is 31.4 Å². The highest BCUT2D eigenvalue weighted by molar-refractivity contribution is 7.99. The minimum atomic E-state index is -0.287. The molecule has 0 saturated carbocycles. The predicted octanol–water partition coefficient (Wildman–Crippen LogP) is 3.95. The first-order valence-corrected chi connectivity index (χ1v) is 11.5. The van der Waals surface area contributed by atoms with Crippen LogP contribution in [-0.4, -0.2) is 51.4 Å². The van der Waals surface area contributed by atoms with E-state index in [0.717, 1.165) is 30.0 Å². The van der Waals surface area contributed by atoms with E-state index in [-0.39, 0.29) is 6.09 Å². The largest absolute Gasteiger partial charge is 0.415 e. The van der Waals surface area contributed by atoms with Crippen molar-refractivity contribution in [2.45, 2.75) is 24.3 Å². The van der Waals surface area contributed by atoms with Gasteiger partial charge in [0.1, 0.15) is 12.4 Å². The topological polar surface area (TPSA) is 69.5 Å². The van der Waals surface area contributed by atoms with Crippen molar-refractivity contribution < 1.29 is 14.4 Å². The van der Waals surface area contributed by atoms with Gasteiger partial charge in [0, 0.05) is 25.0 Å². The second-order valence-corrected chi connectivity index (χ2v) is 8.53. The molecule has 1 aromatic carbocycles. The van der Waals surface area contributed by atoms with Gasteiger partial charge in [-0.15, -0.1) is 21.7 Å². The monoisotopic (exact) mass is 438 g/mol. The summed E-state index contributed by atoms with van der Waals surface area (Å²) in [5.41, 5.74) is 1.21. The predicted molar refractivity (Wildman–Crippen MR) is 119 cm³/mol. The third kappa shape index (κ3) is 6.49. The molecule has 1 aliphatic heterocycles. The number of carbonyl (C=O) groups is 1. The van der Waals surface area contributed by atoms with Crippen LogP contribution >= 0.6 is 11.8 Å². The molecule has 0 aliphatic carbocycles. The van der Waals surface area contributed by atoms with E-state index >= 15 is 0 Å². The highest BCUT2D eigenvalue weighted by Gasteiger charge is 2.24. The number of hydrogen-bond acceptors (Lipinski definition) is 6. The summed E-state index contributed by atoms with van der Waals surface area (Å²) in [6.07, 6.45) is 7.70. The van der Waals surface area contributed by atoms with Gasteiger partial charge in [-0.3, -0.25) is 0 Å². The maximum absolute atomic E-state index is 12.5. The molecule has 8 heteroatoms. The summed E-state index contributed by atoms with van der Waals surface area (Å²) in [5.74, 6) is 1.95. The van der Waals surface area contributed by atoms with E-state index in [9.17, 15) is 4.79 Å². The molecule has 0 unspecified atom stereocenters. The quantitative estimate of drug-likeness (QED) is 0.496. The normalized spacial score (nSPS) is 14.4. The fourth-order valence-corrected chi connectivity index (χ4v) is 4.25. The Bertz CT molecular complexity index is 927. The van der Waals surface area contributed by atoms with E-state index in [2.05, 4.69) is 10.1 Å². The average molecular weight is 439 g/mol. The van der Waals surface area contributed by atoms with Gasteiger partial charge >= 0.3 is 6.09 Å². The molecule has 4 rings (SSSR count). The maximum Gasteiger partial charge on any atom is 0.415 e. The van der Waals surface area contributed by atoms with Crippen molar-refractivity contribution in [1.29, 1.82) is 0 Å². The number of amides is 1. The summed E-state index contributed by atoms with van der Waals surface area (Å²) in [6, 6.07) is 15.5. The smallest absolute Gasteiger partial charge is 0.410 e. The molecule has 7 nitrogen and oxygen atoms in total. The zero-order valence-corrected chi connectivity index (χ0v) is 18.1. The minimum absolute atomic E-state index is 0.287. The molecule has 0 atom stereocenters. The number of nitrogens with zero attached hydrogens (tertiary/aromatic N) is 4. The summed E-state index contributed by atoms with van der Waals surface area (Å²) in [6.45, 7) is 1.95. The molecule has 31 heavy (non-hydrogen) atoms. The first-order valence-electron chi connectivity index (χ1n) is 10.5. The molecule has 162 valence electrons. The van der Waals surface area contributed by atoms with Crippen LogP contribution in [0.1, 0.15) is 18.4 Å². The Kier molecular flexibility index (Phi) is 7.44. The van der Waals surface area contributed by atoms with E-state index in [4.69, 9.17) is 9.57 Å². The SMILES string of the molecule is O=C(Oc1ccc(CCSc2ccccn2)cc1)N1CCC(COn2cccn2)CC1. The van der Waals surface area contributed by atoms with Gasteiger partial charge in [-0.2, -0.15) is 0 Å². The van der Waals surface area contributed by atoms with Crippen molar-refractivity contribution in [1.82, 2.24) is 19.8 Å². The van der Waals surface area contributed by atoms with Gasteiger partial charge in [-0.05, 0) is 61.1 Å². The van der Waals surface area contributed by atoms with E-state index in [1.807, 2.05) is 54.7 Å². The third-order valence-corrected chi connectivity index (χ3v) is 6.15. The number of aryl methyl sites for hydroxylation is 1. The lowest BCUT2D eigenvalue weighted by atomic mass is 9.98. The van der Waals surface area contributed by atoms with Gasteiger partial charge in [0.2, 0.25) is 0 Å². The van der Waals surface area contributed by atoms with Gasteiger partial charge in [-0.1, -0.05) is 18.2 Å². The minimum Gasteiger partial charge on any atom is -0.410 e. The van der Waals surface area contributed by atoms with Crippen LogP contribution in [0, 0.1) is 5.92 Å². The van der Waals surface area contributed by atoms with Crippen molar-refractivity contribution in [2.75, 3.05) is 25.4 Å². The lowest BCUT2D eigenvalue weighted by Gasteiger charge is -2.30. The molecule has 1 aliphatic rings. The van der Waals surface area contributed by atoms with Crippen molar-refractivity contribution in [2.24, 2.45) is 5.92 Å². The zero-order valence-electron chi connectivity index (χ0n) is 17.3. The van der Waals surface area contributed by atoms with Gasteiger partial charge < -0.3 is 14.5 Å². The highest BCUT2D eigenvalue weighted by atomic mass is 32.2. The van der Waals surface area contributed by atoms with E-state index < -0.39 is 0 Å². The molecular weight excluding hydrogens is 412 g/mol. The number of benzene rings is 1. The van der Waals surface area contributed by atoms with Gasteiger partial charge in [0.15, 0.2) is 0 Å². The summed E-state index contributed by atoms with van der Waals surface area (Å²) < 4.78 is 5.56. The number of carbonyl (C=O) groups excluding carboxylic acids is 1. The molecule has 0 spiro atoms. The summed E-state index contributed by atoms with van der Waals surface area (Å²) >= 11 is 1.73. The molecule has 0 bridgehead atoms. The van der Waals surface area contributed by atoms with Crippen LogP contribution in [0.15, 0.2) is 72.1 Å². The Hall–Kier alpha value is -3.00. The molecule has 1 amide bonds. The molecular formula is C23H26N4O3S. The first kappa shape index (κ1) is 21.2. The second kappa shape index (κ2) is 10.9. The summed E-state index contributed by atoms with van der Waals surface area (Å²) in [5, 5.41) is 5.07. The molecule has 1 saturated heterocycles. The molecule has 3 aromatic rings. The number of piperidine rings is 1. The Morgan fingerprint density at radius 3 is 2.61 bits per heavy atom. The number of thioether (sulfide) groups is 1. The number of ether oxygens (including phenoxy) is 1. The van der Waals surface area contributed by atoms with Gasteiger partial charge in [0.25, 0.3) is 0 Å². The molecule has 3 heterocycles. The summed E-state index contributed by atoms with van der Waals surface area (Å²) in [7, 11) is 0. The fourth-order valence-electron chi connectivity index (χ4n) is 3.39. The van der Waals surface area contributed by atoms with Crippen LogP contribution in [0.5, 0.6) is 5.75 Å². The molecule has 1 fully saturated rings. The fraction of sp³-hybridized carbons (Fsp3) is 0.348. The highest BCUT2D eigenvalue weighted by Crippen LogP contribution is 2.21. The Morgan fingerprint density at radius 1 is 1.06 bits per heavy atom. The Morgan fingerprint density at radius 2 is 1.90 bits per heavy atom. The van der Waals surface area contributed by atoms with Gasteiger partial charge in [-0.25, -0.2) is 9.78 Å². The van der Waals surface area contributed by atoms with Gasteiger partial charge in [0.05, 0.1) is 17.4 Å². The number of aromatic nitrogens is 3. The Balaban J connectivity index is 1.16. The maximum atomic E-state index is 12.5. The van der Waals surface area contributed by atoms with Crippen LogP contribution in [-0.2, 0) is 6.42 Å². The van der Waals surface area contributed by atoms with Crippen LogP contribution in [0.3, 0.4) is 0 Å². The number of rotatable bonds is 8. The van der Waals surface area contributed by atoms with Crippen LogP contribution in [0.2, 0.25) is 0 Å². The zero-order chi connectivity index (χ0) is 21.3. The van der Waals surface area contributed by atoms with E-state index in [1.165, 1.54) is 10.4 Å². The van der Waals surface area contributed by atoms with Crippen molar-refractivity contribution >= 4 is 17.9 Å². The van der Waals surface area contributed by atoms with Crippen LogP contribution < -0.4 is 9.57 Å². The van der Waals surface area contributed by atoms with Crippen molar-refractivity contribution in [3.8, 4) is 5.75 Å². The second-order valence-electron chi connectivity index (χ2n) is 7.41. The first-order chi connectivity index (χ1) is 15.3. The lowest BCUT2D eigenvalue weighted by molar-refractivity contribution is 0.0366. The Labute approximate surface area is 186 Å². The van der Waals surface area contributed by atoms with Crippen molar-refractivity contribution in [3.63, 3.8) is 0 Å². The standard InChI is InChI=1S/C23H26N4O3S/c28-23(26-15-9-20(10-16-26)18-29-27-14-3-13-25-27)30-21-7-5-19(6-8-21)11-17-31-22-4-1-2-12-24-22/h1-8,12-14,20H,9-11,15-18H2. The lowest BCUT2D eigenvalue weighted by Crippen LogP contribution is -2.41.